The third-order valence-electron chi connectivity index (χ3n) is 3.06. The number of benzene rings is 1. The Morgan fingerprint density at radius 2 is 1.41 bits per heavy atom. The van der Waals surface area contributed by atoms with Gasteiger partial charge in [0.2, 0.25) is 0 Å². The van der Waals surface area contributed by atoms with Gasteiger partial charge in [-0.2, -0.15) is 0 Å². The first-order chi connectivity index (χ1) is 7.75. The summed E-state index contributed by atoms with van der Waals surface area (Å²) >= 11 is -2.38. The monoisotopic (exact) mass is 346 g/mol. The van der Waals surface area contributed by atoms with Crippen molar-refractivity contribution < 1.29 is 13.2 Å². The molecule has 0 saturated carbocycles. The van der Waals surface area contributed by atoms with Gasteiger partial charge in [0.15, 0.2) is 0 Å². The molecule has 4 heteroatoms. The molecule has 0 N–H and O–H groups in total. The molecule has 94 valence electrons. The van der Waals surface area contributed by atoms with Gasteiger partial charge in [-0.1, -0.05) is 0 Å². The Hall–Kier alpha value is -0.120. The van der Waals surface area contributed by atoms with Crippen LogP contribution in [0.25, 0.3) is 0 Å². The van der Waals surface area contributed by atoms with Crippen LogP contribution in [0.4, 0.5) is 13.2 Å². The second kappa shape index (κ2) is 5.68. The molecule has 0 radical (unpaired) electrons. The van der Waals surface area contributed by atoms with Gasteiger partial charge in [0.25, 0.3) is 0 Å². The predicted molar refractivity (Wildman–Crippen MR) is 67.0 cm³/mol. The van der Waals surface area contributed by atoms with E-state index in [0.717, 1.165) is 0 Å². The van der Waals surface area contributed by atoms with Crippen molar-refractivity contribution in [2.75, 3.05) is 0 Å². The van der Waals surface area contributed by atoms with Crippen molar-refractivity contribution in [3.05, 3.63) is 29.8 Å². The average Bonchev–Trinajstić information content (AvgIpc) is 2.15. The molecule has 17 heavy (non-hydrogen) atoms. The van der Waals surface area contributed by atoms with Gasteiger partial charge >= 0.3 is 109 Å². The predicted octanol–water partition coefficient (Wildman–Crippen LogP) is 4.23. The summed E-state index contributed by atoms with van der Waals surface area (Å²) in [6.45, 7) is 8.25. The number of hydrogen-bond acceptors (Lipinski definition) is 0. The maximum absolute atomic E-state index is 13.0. The molecule has 0 bridgehead atoms. The summed E-state index contributed by atoms with van der Waals surface area (Å²) in [4.78, 5) is 0. The Balaban J connectivity index is 3.29. The molecule has 0 spiro atoms. The molecule has 0 aliphatic carbocycles. The average molecular weight is 346 g/mol. The molecular formula is C13H18F3In. The van der Waals surface area contributed by atoms with E-state index in [2.05, 4.69) is 27.7 Å². The summed E-state index contributed by atoms with van der Waals surface area (Å²) in [5.41, 5.74) is -0.400. The van der Waals surface area contributed by atoms with Gasteiger partial charge < -0.3 is 0 Å². The molecule has 0 aliphatic rings. The SMILES string of the molecule is C[CH](C)[In]([c]1ccccc1C(F)(F)F)[CH](C)C. The quantitative estimate of drug-likeness (QED) is 0.769. The zero-order chi connectivity index (χ0) is 13.2. The molecule has 0 unspecified atom stereocenters. The van der Waals surface area contributed by atoms with Crippen LogP contribution in [0.5, 0.6) is 0 Å². The normalized spacial score (nSPS) is 12.3. The molecule has 1 aromatic rings. The molecule has 0 saturated heterocycles. The van der Waals surface area contributed by atoms with E-state index in [4.69, 9.17) is 0 Å². The van der Waals surface area contributed by atoms with Crippen molar-refractivity contribution in [2.24, 2.45) is 0 Å². The fourth-order valence-corrected chi connectivity index (χ4v) is 13.7. The van der Waals surface area contributed by atoms with Gasteiger partial charge in [-0.15, -0.1) is 0 Å². The zero-order valence-electron chi connectivity index (χ0n) is 10.7. The van der Waals surface area contributed by atoms with Crippen LogP contribution in [0.3, 0.4) is 0 Å². The van der Waals surface area contributed by atoms with E-state index in [-0.39, 0.29) is 0 Å². The van der Waals surface area contributed by atoms with E-state index >= 15 is 0 Å². The molecule has 1 rings (SSSR count). The van der Waals surface area contributed by atoms with Gasteiger partial charge in [0.1, 0.15) is 0 Å². The van der Waals surface area contributed by atoms with Gasteiger partial charge in [-0.3, -0.25) is 0 Å². The van der Waals surface area contributed by atoms with E-state index in [1.165, 1.54) is 12.1 Å². The summed E-state index contributed by atoms with van der Waals surface area (Å²) in [5.74, 6) is 0. The van der Waals surface area contributed by atoms with Crippen LogP contribution in [-0.4, -0.2) is 21.4 Å². The van der Waals surface area contributed by atoms with Crippen LogP contribution in [0.1, 0.15) is 33.3 Å². The van der Waals surface area contributed by atoms with E-state index < -0.39 is 33.2 Å². The third-order valence-corrected chi connectivity index (χ3v) is 14.7. The number of alkyl halides is 3. The first-order valence-corrected chi connectivity index (χ1v) is 11.4. The summed E-state index contributed by atoms with van der Waals surface area (Å²) in [5, 5.41) is 0. The summed E-state index contributed by atoms with van der Waals surface area (Å²) in [7, 11) is 0. The van der Waals surface area contributed by atoms with Crippen molar-refractivity contribution in [3.63, 3.8) is 0 Å². The third kappa shape index (κ3) is 3.67. The molecule has 0 heterocycles. The Labute approximate surface area is 109 Å². The zero-order valence-corrected chi connectivity index (χ0v) is 14.0. The van der Waals surface area contributed by atoms with Gasteiger partial charge in [0.05, 0.1) is 0 Å². The van der Waals surface area contributed by atoms with Crippen molar-refractivity contribution in [1.29, 1.82) is 0 Å². The van der Waals surface area contributed by atoms with Crippen LogP contribution in [-0.2, 0) is 6.18 Å². The number of rotatable bonds is 3. The molecule has 0 aromatic heterocycles. The molecular weight excluding hydrogens is 328 g/mol. The van der Waals surface area contributed by atoms with Gasteiger partial charge in [-0.25, -0.2) is 0 Å². The Morgan fingerprint density at radius 1 is 0.941 bits per heavy atom. The van der Waals surface area contributed by atoms with Crippen LogP contribution < -0.4 is 3.32 Å². The van der Waals surface area contributed by atoms with Crippen molar-refractivity contribution >= 4 is 24.8 Å². The summed E-state index contributed by atoms with van der Waals surface area (Å²) in [6, 6.07) is 6.14. The second-order valence-corrected chi connectivity index (χ2v) is 17.5. The maximum atomic E-state index is 13.0. The fraction of sp³-hybridized carbons (Fsp3) is 0.538. The first-order valence-electron chi connectivity index (χ1n) is 5.91. The molecule has 1 aromatic carbocycles. The summed E-state index contributed by atoms with van der Waals surface area (Å²) in [6.07, 6.45) is -4.21. The Kier molecular flexibility index (Phi) is 4.99. The van der Waals surface area contributed by atoms with E-state index in [9.17, 15) is 13.2 Å². The topological polar surface area (TPSA) is 0 Å². The molecule has 0 nitrogen and oxygen atoms in total. The fourth-order valence-electron chi connectivity index (χ4n) is 2.53. The second-order valence-electron chi connectivity index (χ2n) is 5.10. The van der Waals surface area contributed by atoms with Crippen LogP contribution >= 0.6 is 0 Å². The van der Waals surface area contributed by atoms with Crippen LogP contribution in [0, 0.1) is 0 Å². The molecule has 0 atom stereocenters. The van der Waals surface area contributed by atoms with Crippen molar-refractivity contribution in [2.45, 2.75) is 41.2 Å². The van der Waals surface area contributed by atoms with Gasteiger partial charge in [-0.05, 0) is 0 Å². The van der Waals surface area contributed by atoms with Crippen LogP contribution in [0.2, 0.25) is 7.35 Å². The van der Waals surface area contributed by atoms with Crippen molar-refractivity contribution in [3.8, 4) is 0 Å². The molecule has 0 fully saturated rings. The first kappa shape index (κ1) is 14.9. The molecule has 0 aliphatic heterocycles. The minimum atomic E-state index is -4.21. The summed E-state index contributed by atoms with van der Waals surface area (Å²) < 4.78 is 40.3. The van der Waals surface area contributed by atoms with Crippen molar-refractivity contribution in [1.82, 2.24) is 0 Å². The standard InChI is InChI=1S/C7H4F3.2C3H7.In/c8-7(9,10)6-4-2-1-3-5-6;2*1-3-2;/h1-4H;2*3H,1-2H3;. The number of hydrogen-bond donors (Lipinski definition) is 0. The van der Waals surface area contributed by atoms with E-state index in [1.54, 1.807) is 12.1 Å². The molecule has 0 amide bonds. The van der Waals surface area contributed by atoms with E-state index in [0.29, 0.717) is 10.7 Å². The van der Waals surface area contributed by atoms with Crippen LogP contribution in [0.15, 0.2) is 24.3 Å². The van der Waals surface area contributed by atoms with E-state index in [1.807, 2.05) is 0 Å². The Morgan fingerprint density at radius 3 is 1.82 bits per heavy atom. The Bertz CT molecular complexity index is 361. The minimum absolute atomic E-state index is 0.400. The van der Waals surface area contributed by atoms with Gasteiger partial charge in [0, 0.05) is 0 Å². The number of halogens is 3.